The Labute approximate surface area is 219 Å². The van der Waals surface area contributed by atoms with E-state index in [2.05, 4.69) is 41.1 Å². The first-order valence-electron chi connectivity index (χ1n) is 13.6. The monoisotopic (exact) mass is 525 g/mol. The summed E-state index contributed by atoms with van der Waals surface area (Å²) in [5.74, 6) is 1.79. The Kier molecular flexibility index (Phi) is 6.81. The summed E-state index contributed by atoms with van der Waals surface area (Å²) in [7, 11) is -3.55. The van der Waals surface area contributed by atoms with Crippen molar-refractivity contribution in [3.63, 3.8) is 0 Å². The van der Waals surface area contributed by atoms with Crippen LogP contribution in [0.4, 0.5) is 5.82 Å². The normalized spacial score (nSPS) is 23.0. The van der Waals surface area contributed by atoms with Gasteiger partial charge in [-0.2, -0.15) is 0 Å². The van der Waals surface area contributed by atoms with Gasteiger partial charge in [0.1, 0.15) is 17.1 Å². The molecular weight excluding hydrogens is 486 g/mol. The van der Waals surface area contributed by atoms with E-state index < -0.39 is 15.4 Å². The van der Waals surface area contributed by atoms with Gasteiger partial charge in [-0.15, -0.1) is 0 Å². The maximum Gasteiger partial charge on any atom is 0.212 e. The Bertz CT molecular complexity index is 1450. The molecule has 2 saturated carbocycles. The van der Waals surface area contributed by atoms with Crippen molar-refractivity contribution in [3.8, 4) is 0 Å². The molecule has 0 radical (unpaired) electrons. The van der Waals surface area contributed by atoms with Gasteiger partial charge in [-0.05, 0) is 49.5 Å². The average molecular weight is 526 g/mol. The first-order valence-corrected chi connectivity index (χ1v) is 15.3. The number of benzene rings is 1. The smallest absolute Gasteiger partial charge is 0.212 e. The van der Waals surface area contributed by atoms with E-state index in [-0.39, 0.29) is 17.0 Å². The number of pyridine rings is 1. The number of fused-ring (bicyclic) bond motifs is 5. The van der Waals surface area contributed by atoms with Crippen LogP contribution in [0.15, 0.2) is 24.3 Å². The Morgan fingerprint density at radius 1 is 1.16 bits per heavy atom. The largest absolute Gasteiger partial charge is 0.382 e. The van der Waals surface area contributed by atoms with Crippen molar-refractivity contribution in [2.75, 3.05) is 18.0 Å². The molecular formula is C28H39N5O3S. The predicted octanol–water partition coefficient (Wildman–Crippen LogP) is 4.60. The molecule has 37 heavy (non-hydrogen) atoms. The van der Waals surface area contributed by atoms with Crippen molar-refractivity contribution in [3.05, 3.63) is 30.1 Å². The number of unbranched alkanes of at least 4 members (excludes halogenated alkanes) is 2. The molecule has 8 nitrogen and oxygen atoms in total. The number of Topliss-reactive ketones (excluding diaryl/α,β-unsaturated/α-hetero) is 1. The summed E-state index contributed by atoms with van der Waals surface area (Å²) in [5, 5.41) is 1.03. The number of ketones is 1. The number of nitrogens with one attached hydrogen (secondary N) is 1. The minimum atomic E-state index is -3.55. The number of nitrogens with zero attached hydrogens (tertiary/aromatic N) is 3. The molecule has 1 aromatic carbocycles. The lowest BCUT2D eigenvalue weighted by atomic mass is 9.70. The van der Waals surface area contributed by atoms with Gasteiger partial charge in [-0.25, -0.2) is 23.1 Å². The fourth-order valence-electron chi connectivity index (χ4n) is 6.78. The van der Waals surface area contributed by atoms with E-state index in [1.54, 1.807) is 0 Å². The summed E-state index contributed by atoms with van der Waals surface area (Å²) in [4.78, 5) is 22.2. The molecule has 0 amide bonds. The van der Waals surface area contributed by atoms with Gasteiger partial charge in [-0.1, -0.05) is 45.4 Å². The van der Waals surface area contributed by atoms with E-state index in [1.807, 2.05) is 18.2 Å². The number of aryl methyl sites for hydroxylation is 2. The maximum absolute atomic E-state index is 13.0. The molecule has 2 aliphatic rings. The molecule has 0 unspecified atom stereocenters. The van der Waals surface area contributed by atoms with Crippen LogP contribution < -0.4 is 10.5 Å². The van der Waals surface area contributed by atoms with Gasteiger partial charge in [0.05, 0.1) is 16.8 Å². The summed E-state index contributed by atoms with van der Waals surface area (Å²) in [6, 6.07) is 7.97. The van der Waals surface area contributed by atoms with Crippen LogP contribution in [0.25, 0.3) is 21.9 Å². The number of carbonyl (C=O) groups is 1. The lowest BCUT2D eigenvalue weighted by molar-refractivity contribution is -0.128. The van der Waals surface area contributed by atoms with E-state index in [9.17, 15) is 13.2 Å². The second kappa shape index (κ2) is 9.66. The van der Waals surface area contributed by atoms with E-state index >= 15 is 0 Å². The lowest BCUT2D eigenvalue weighted by Crippen LogP contribution is -2.45. The highest BCUT2D eigenvalue weighted by Gasteiger charge is 2.65. The number of rotatable bonds is 11. The fraction of sp³-hybridized carbons (Fsp3) is 0.607. The summed E-state index contributed by atoms with van der Waals surface area (Å²) in [5.41, 5.74) is 7.90. The van der Waals surface area contributed by atoms with Crippen LogP contribution in [0.3, 0.4) is 0 Å². The van der Waals surface area contributed by atoms with Crippen LogP contribution in [0.2, 0.25) is 0 Å². The van der Waals surface area contributed by atoms with E-state index in [0.717, 1.165) is 66.4 Å². The Balaban J connectivity index is 1.28. The molecule has 9 heteroatoms. The molecule has 0 saturated heterocycles. The van der Waals surface area contributed by atoms with Gasteiger partial charge in [0.15, 0.2) is 5.82 Å². The molecule has 2 heterocycles. The minimum absolute atomic E-state index is 0.0894. The van der Waals surface area contributed by atoms with Crippen molar-refractivity contribution >= 4 is 43.6 Å². The van der Waals surface area contributed by atoms with Gasteiger partial charge >= 0.3 is 0 Å². The van der Waals surface area contributed by atoms with Crippen molar-refractivity contribution in [1.29, 1.82) is 0 Å². The number of imidazole rings is 1. The van der Waals surface area contributed by atoms with Crippen LogP contribution in [-0.4, -0.2) is 41.0 Å². The molecule has 0 spiro atoms. The highest BCUT2D eigenvalue weighted by Crippen LogP contribution is 2.64. The number of para-hydroxylation sites is 1. The summed E-state index contributed by atoms with van der Waals surface area (Å²) < 4.78 is 31.1. The molecule has 3 aromatic rings. The van der Waals surface area contributed by atoms with Crippen molar-refractivity contribution in [2.24, 2.45) is 16.7 Å². The highest BCUT2D eigenvalue weighted by molar-refractivity contribution is 7.89. The molecule has 2 aromatic heterocycles. The number of hydrogen-bond acceptors (Lipinski definition) is 6. The molecule has 3 N–H and O–H groups in total. The number of sulfonamides is 1. The number of nitrogen functional groups attached to an aromatic ring is 1. The van der Waals surface area contributed by atoms with Crippen molar-refractivity contribution in [1.82, 2.24) is 19.3 Å². The number of aromatic nitrogens is 3. The molecule has 0 aliphatic heterocycles. The maximum atomic E-state index is 13.0. The SMILES string of the molecule is CCCCc1nc2c(N)nc3ccccc3c2n1CCCCNS(=O)(=O)C[C@]12CC[C@H](CC1=O)C2(C)C. The van der Waals surface area contributed by atoms with Gasteiger partial charge in [0.2, 0.25) is 10.0 Å². The van der Waals surface area contributed by atoms with Crippen LogP contribution in [0.1, 0.15) is 71.5 Å². The van der Waals surface area contributed by atoms with Gasteiger partial charge in [0.25, 0.3) is 0 Å². The highest BCUT2D eigenvalue weighted by atomic mass is 32.2. The van der Waals surface area contributed by atoms with Crippen LogP contribution in [0, 0.1) is 16.7 Å². The Hall–Kier alpha value is -2.52. The molecule has 2 fully saturated rings. The summed E-state index contributed by atoms with van der Waals surface area (Å²) >= 11 is 0. The minimum Gasteiger partial charge on any atom is -0.382 e. The van der Waals surface area contributed by atoms with Gasteiger partial charge < -0.3 is 10.3 Å². The zero-order chi connectivity index (χ0) is 26.4. The summed E-state index contributed by atoms with van der Waals surface area (Å²) in [6.45, 7) is 7.39. The topological polar surface area (TPSA) is 120 Å². The molecule has 200 valence electrons. The quantitative estimate of drug-likeness (QED) is 0.353. The third-order valence-corrected chi connectivity index (χ3v) is 10.7. The van der Waals surface area contributed by atoms with E-state index in [1.165, 1.54) is 0 Å². The third-order valence-electron chi connectivity index (χ3n) is 9.15. The number of anilines is 1. The van der Waals surface area contributed by atoms with Gasteiger partial charge in [0, 0.05) is 36.7 Å². The van der Waals surface area contributed by atoms with Crippen LogP contribution in [0.5, 0.6) is 0 Å². The zero-order valence-electron chi connectivity index (χ0n) is 22.2. The molecule has 2 atom stereocenters. The third kappa shape index (κ3) is 4.44. The van der Waals surface area contributed by atoms with Crippen molar-refractivity contribution in [2.45, 2.75) is 78.7 Å². The van der Waals surface area contributed by atoms with Crippen LogP contribution in [-0.2, 0) is 27.8 Å². The number of nitrogens with two attached hydrogens (primary N) is 1. The number of hydrogen-bond donors (Lipinski definition) is 2. The zero-order valence-corrected chi connectivity index (χ0v) is 23.0. The standard InChI is InChI=1S/C28H39N5O3S/c1-4-5-12-23-32-24-25(20-10-6-7-11-21(20)31-26(24)29)33(23)16-9-8-15-30-37(35,36)18-28-14-13-19(17-22(28)34)27(28,2)3/h6-7,10-11,19,30H,4-5,8-9,12-18H2,1-3H3,(H2,29,31)/t19-,28-/m1/s1. The Morgan fingerprint density at radius 3 is 2.65 bits per heavy atom. The van der Waals surface area contributed by atoms with E-state index in [0.29, 0.717) is 37.5 Å². The summed E-state index contributed by atoms with van der Waals surface area (Å²) in [6.07, 6.45) is 6.60. The van der Waals surface area contributed by atoms with Gasteiger partial charge in [-0.3, -0.25) is 4.79 Å². The predicted molar refractivity (Wildman–Crippen MR) is 148 cm³/mol. The first kappa shape index (κ1) is 26.1. The molecule has 2 bridgehead atoms. The van der Waals surface area contributed by atoms with Crippen LogP contribution >= 0.6 is 0 Å². The number of carbonyl (C=O) groups excluding carboxylic acids is 1. The lowest BCUT2D eigenvalue weighted by Gasteiger charge is -2.36. The average Bonchev–Trinajstić information content (AvgIpc) is 3.39. The second-order valence-electron chi connectivity index (χ2n) is 11.5. The Morgan fingerprint density at radius 2 is 1.95 bits per heavy atom. The molecule has 2 aliphatic carbocycles. The molecule has 5 rings (SSSR count). The fourth-order valence-corrected chi connectivity index (χ4v) is 8.66. The first-order chi connectivity index (χ1) is 17.6. The van der Waals surface area contributed by atoms with Crippen molar-refractivity contribution < 1.29 is 13.2 Å². The van der Waals surface area contributed by atoms with E-state index in [4.69, 9.17) is 10.7 Å². The second-order valence-corrected chi connectivity index (χ2v) is 13.3.